The number of hydrogen-bond acceptors (Lipinski definition) is 4. The average molecular weight is 381 g/mol. The molecule has 0 N–H and O–H groups in total. The lowest BCUT2D eigenvalue weighted by atomic mass is 10.1. The molecule has 0 aliphatic carbocycles. The smallest absolute Gasteiger partial charge is 0.253 e. The van der Waals surface area contributed by atoms with Gasteiger partial charge in [-0.2, -0.15) is 11.8 Å². The largest absolute Gasteiger partial charge is 0.361 e. The maximum absolute atomic E-state index is 12.5. The molecule has 1 aromatic heterocycles. The molecular weight excluding hydrogens is 356 g/mol. The van der Waals surface area contributed by atoms with Gasteiger partial charge in [-0.1, -0.05) is 47.6 Å². The zero-order valence-corrected chi connectivity index (χ0v) is 16.5. The van der Waals surface area contributed by atoms with Gasteiger partial charge in [-0.15, -0.1) is 0 Å². The van der Waals surface area contributed by atoms with Crippen LogP contribution in [0.1, 0.15) is 28.1 Å². The van der Waals surface area contributed by atoms with Crippen molar-refractivity contribution in [3.8, 4) is 11.3 Å². The third-order valence-corrected chi connectivity index (χ3v) is 5.03. The molecule has 0 saturated heterocycles. The summed E-state index contributed by atoms with van der Waals surface area (Å²) in [5.41, 5.74) is 3.86. The van der Waals surface area contributed by atoms with Crippen LogP contribution in [0.15, 0.2) is 65.2 Å². The second-order valence-electron chi connectivity index (χ2n) is 6.50. The highest BCUT2D eigenvalue weighted by molar-refractivity contribution is 7.97. The molecule has 2 aromatic carbocycles. The lowest BCUT2D eigenvalue weighted by Crippen LogP contribution is -2.28. The van der Waals surface area contributed by atoms with Crippen LogP contribution in [-0.4, -0.2) is 35.8 Å². The molecule has 0 spiro atoms. The quantitative estimate of drug-likeness (QED) is 0.557. The van der Waals surface area contributed by atoms with Gasteiger partial charge in [-0.3, -0.25) is 4.79 Å². The van der Waals surface area contributed by atoms with E-state index in [9.17, 15) is 4.79 Å². The fraction of sp³-hybridized carbons (Fsp3) is 0.273. The van der Waals surface area contributed by atoms with Crippen molar-refractivity contribution < 1.29 is 9.32 Å². The molecule has 0 aliphatic rings. The fourth-order valence-corrected chi connectivity index (χ4v) is 3.42. The maximum Gasteiger partial charge on any atom is 0.253 e. The molecule has 0 aliphatic heterocycles. The Kier molecular flexibility index (Phi) is 6.71. The number of hydrogen-bond donors (Lipinski definition) is 0. The summed E-state index contributed by atoms with van der Waals surface area (Å²) in [6.45, 7) is 0.673. The van der Waals surface area contributed by atoms with Crippen LogP contribution in [0.5, 0.6) is 0 Å². The van der Waals surface area contributed by atoms with E-state index in [1.807, 2.05) is 67.7 Å². The van der Waals surface area contributed by atoms with Crippen molar-refractivity contribution in [2.45, 2.75) is 18.6 Å². The van der Waals surface area contributed by atoms with Crippen LogP contribution in [0, 0.1) is 0 Å². The van der Waals surface area contributed by atoms with E-state index in [4.69, 9.17) is 4.52 Å². The summed E-state index contributed by atoms with van der Waals surface area (Å²) in [6.07, 6.45) is 3.66. The van der Waals surface area contributed by atoms with Gasteiger partial charge in [-0.25, -0.2) is 0 Å². The summed E-state index contributed by atoms with van der Waals surface area (Å²) >= 11 is 1.78. The highest BCUT2D eigenvalue weighted by Crippen LogP contribution is 2.19. The van der Waals surface area contributed by atoms with Crippen LogP contribution in [0.2, 0.25) is 0 Å². The van der Waals surface area contributed by atoms with Gasteiger partial charge in [0.2, 0.25) is 0 Å². The van der Waals surface area contributed by atoms with Gasteiger partial charge < -0.3 is 9.42 Å². The van der Waals surface area contributed by atoms with E-state index in [0.29, 0.717) is 6.54 Å². The van der Waals surface area contributed by atoms with Crippen LogP contribution < -0.4 is 0 Å². The molecule has 0 fully saturated rings. The second-order valence-corrected chi connectivity index (χ2v) is 7.37. The molecule has 1 amide bonds. The number of nitrogens with zero attached hydrogens (tertiary/aromatic N) is 2. The van der Waals surface area contributed by atoms with E-state index in [0.717, 1.165) is 41.2 Å². The van der Waals surface area contributed by atoms with Gasteiger partial charge in [0.05, 0.1) is 0 Å². The predicted octanol–water partition coefficient (Wildman–Crippen LogP) is 4.91. The van der Waals surface area contributed by atoms with Crippen molar-refractivity contribution >= 4 is 17.7 Å². The standard InChI is InChI=1S/C22H24N2O2S/c1-24(22(25)19-12-10-17(11-13-19)16-27-2)14-6-9-20-15-21(23-26-20)18-7-4-3-5-8-18/h3-5,7-8,10-13,15H,6,9,14,16H2,1-2H3. The summed E-state index contributed by atoms with van der Waals surface area (Å²) in [7, 11) is 1.84. The molecule has 5 heteroatoms. The Hall–Kier alpha value is -2.53. The maximum atomic E-state index is 12.5. The summed E-state index contributed by atoms with van der Waals surface area (Å²) in [5, 5.41) is 4.13. The number of amides is 1. The first-order valence-electron chi connectivity index (χ1n) is 9.01. The van der Waals surface area contributed by atoms with Crippen molar-refractivity contribution in [1.82, 2.24) is 10.1 Å². The van der Waals surface area contributed by atoms with Crippen molar-refractivity contribution in [2.75, 3.05) is 19.8 Å². The number of rotatable bonds is 8. The van der Waals surface area contributed by atoms with Crippen molar-refractivity contribution in [2.24, 2.45) is 0 Å². The number of benzene rings is 2. The molecule has 140 valence electrons. The first-order valence-corrected chi connectivity index (χ1v) is 10.4. The Morgan fingerprint density at radius 1 is 1.11 bits per heavy atom. The second kappa shape index (κ2) is 9.42. The minimum Gasteiger partial charge on any atom is -0.361 e. The minimum absolute atomic E-state index is 0.0493. The van der Waals surface area contributed by atoms with Crippen LogP contribution in [-0.2, 0) is 12.2 Å². The molecule has 0 radical (unpaired) electrons. The Bertz CT molecular complexity index is 860. The normalized spacial score (nSPS) is 10.7. The minimum atomic E-state index is 0.0493. The van der Waals surface area contributed by atoms with Gasteiger partial charge in [0.1, 0.15) is 11.5 Å². The van der Waals surface area contributed by atoms with Crippen molar-refractivity contribution in [3.05, 3.63) is 77.6 Å². The number of carbonyl (C=O) groups excluding carboxylic acids is 1. The Labute approximate surface area is 164 Å². The molecule has 27 heavy (non-hydrogen) atoms. The molecule has 0 bridgehead atoms. The Morgan fingerprint density at radius 2 is 1.85 bits per heavy atom. The van der Waals surface area contributed by atoms with E-state index in [1.54, 1.807) is 16.7 Å². The molecular formula is C22H24N2O2S. The van der Waals surface area contributed by atoms with Crippen molar-refractivity contribution in [1.29, 1.82) is 0 Å². The third-order valence-electron chi connectivity index (χ3n) is 4.40. The third kappa shape index (κ3) is 5.23. The lowest BCUT2D eigenvalue weighted by molar-refractivity contribution is 0.0793. The van der Waals surface area contributed by atoms with Crippen molar-refractivity contribution in [3.63, 3.8) is 0 Å². The van der Waals surface area contributed by atoms with Crippen LogP contribution >= 0.6 is 11.8 Å². The molecule has 0 unspecified atom stereocenters. The summed E-state index contributed by atoms with van der Waals surface area (Å²) in [5.74, 6) is 1.86. The summed E-state index contributed by atoms with van der Waals surface area (Å²) in [4.78, 5) is 14.3. The average Bonchev–Trinajstić information content (AvgIpc) is 3.18. The summed E-state index contributed by atoms with van der Waals surface area (Å²) in [6, 6.07) is 19.8. The SMILES string of the molecule is CSCc1ccc(C(=O)N(C)CCCc2cc(-c3ccccc3)no2)cc1. The van der Waals surface area contributed by atoms with E-state index < -0.39 is 0 Å². The van der Waals surface area contributed by atoms with E-state index >= 15 is 0 Å². The van der Waals surface area contributed by atoms with Crippen LogP contribution in [0.25, 0.3) is 11.3 Å². The van der Waals surface area contributed by atoms with Gasteiger partial charge in [0.25, 0.3) is 5.91 Å². The fourth-order valence-electron chi connectivity index (χ4n) is 2.90. The van der Waals surface area contributed by atoms with E-state index in [1.165, 1.54) is 5.56 Å². The molecule has 1 heterocycles. The zero-order chi connectivity index (χ0) is 19.1. The predicted molar refractivity (Wildman–Crippen MR) is 111 cm³/mol. The lowest BCUT2D eigenvalue weighted by Gasteiger charge is -2.17. The summed E-state index contributed by atoms with van der Waals surface area (Å²) < 4.78 is 5.43. The van der Waals surface area contributed by atoms with Crippen LogP contribution in [0.3, 0.4) is 0 Å². The molecule has 0 atom stereocenters. The van der Waals surface area contributed by atoms with Gasteiger partial charge >= 0.3 is 0 Å². The van der Waals surface area contributed by atoms with Crippen LogP contribution in [0.4, 0.5) is 0 Å². The molecule has 3 rings (SSSR count). The molecule has 0 saturated carbocycles. The van der Waals surface area contributed by atoms with Gasteiger partial charge in [0, 0.05) is 43.0 Å². The number of carbonyl (C=O) groups is 1. The first-order chi connectivity index (χ1) is 13.2. The van der Waals surface area contributed by atoms with Gasteiger partial charge in [-0.05, 0) is 30.4 Å². The highest BCUT2D eigenvalue weighted by atomic mass is 32.2. The van der Waals surface area contributed by atoms with E-state index in [2.05, 4.69) is 11.4 Å². The highest BCUT2D eigenvalue weighted by Gasteiger charge is 2.12. The Balaban J connectivity index is 1.50. The molecule has 4 nitrogen and oxygen atoms in total. The van der Waals surface area contributed by atoms with E-state index in [-0.39, 0.29) is 5.91 Å². The monoisotopic (exact) mass is 380 g/mol. The number of aryl methyl sites for hydroxylation is 1. The zero-order valence-electron chi connectivity index (χ0n) is 15.7. The topological polar surface area (TPSA) is 46.3 Å². The van der Waals surface area contributed by atoms with Gasteiger partial charge in [0.15, 0.2) is 0 Å². The number of aromatic nitrogens is 1. The number of thioether (sulfide) groups is 1. The first kappa shape index (κ1) is 19.2. The Morgan fingerprint density at radius 3 is 2.56 bits per heavy atom. The molecule has 3 aromatic rings.